The number of methoxy groups -OCH3 is 2. The number of amides is 1. The Balaban J connectivity index is 1.48. The van der Waals surface area contributed by atoms with E-state index in [9.17, 15) is 4.79 Å². The highest BCUT2D eigenvalue weighted by Crippen LogP contribution is 2.30. The predicted octanol–water partition coefficient (Wildman–Crippen LogP) is 3.71. The highest BCUT2D eigenvalue weighted by Gasteiger charge is 2.12. The molecular weight excluding hydrogens is 394 g/mol. The number of aromatic nitrogens is 2. The molecule has 1 N–H and O–H groups in total. The molecule has 0 bridgehead atoms. The van der Waals surface area contributed by atoms with Crippen molar-refractivity contribution in [1.29, 1.82) is 0 Å². The molecule has 0 fully saturated rings. The van der Waals surface area contributed by atoms with Gasteiger partial charge in [-0.2, -0.15) is 0 Å². The van der Waals surface area contributed by atoms with Crippen molar-refractivity contribution in [3.05, 3.63) is 53.9 Å². The van der Waals surface area contributed by atoms with Crippen LogP contribution in [0.3, 0.4) is 0 Å². The van der Waals surface area contributed by atoms with Gasteiger partial charge >= 0.3 is 0 Å². The molecule has 0 unspecified atom stereocenters. The van der Waals surface area contributed by atoms with Crippen LogP contribution in [0.1, 0.15) is 11.5 Å². The first-order chi connectivity index (χ1) is 14.1. The van der Waals surface area contributed by atoms with Gasteiger partial charge in [0.1, 0.15) is 5.75 Å². The lowest BCUT2D eigenvalue weighted by atomic mass is 10.2. The molecule has 0 atom stereocenters. The van der Waals surface area contributed by atoms with E-state index in [-0.39, 0.29) is 18.3 Å². The number of aryl methyl sites for hydroxylation is 1. The monoisotopic (exact) mass is 415 g/mol. The second-order valence-electron chi connectivity index (χ2n) is 5.97. The molecule has 0 aliphatic rings. The molecule has 0 aliphatic heterocycles. The number of thioether (sulfide) groups is 1. The molecule has 3 rings (SSSR count). The summed E-state index contributed by atoms with van der Waals surface area (Å²) in [7, 11) is 3.09. The summed E-state index contributed by atoms with van der Waals surface area (Å²) in [6, 6.07) is 12.8. The highest BCUT2D eigenvalue weighted by atomic mass is 32.2. The van der Waals surface area contributed by atoms with Crippen molar-refractivity contribution in [2.24, 2.45) is 0 Å². The third kappa shape index (κ3) is 5.89. The Hall–Kier alpha value is -3.20. The van der Waals surface area contributed by atoms with Gasteiger partial charge in [-0.3, -0.25) is 4.79 Å². The number of benzene rings is 2. The summed E-state index contributed by atoms with van der Waals surface area (Å²) in [5.41, 5.74) is 1.70. The fraction of sp³-hybridized carbons (Fsp3) is 0.250. The summed E-state index contributed by atoms with van der Waals surface area (Å²) in [6.45, 7) is 2.15. The van der Waals surface area contributed by atoms with Crippen LogP contribution in [0, 0.1) is 6.92 Å². The average Bonchev–Trinajstić information content (AvgIpc) is 3.18. The summed E-state index contributed by atoms with van der Waals surface area (Å²) in [5, 5.41) is 10.9. The molecule has 9 heteroatoms. The van der Waals surface area contributed by atoms with Gasteiger partial charge in [-0.25, -0.2) is 0 Å². The number of hydrogen-bond acceptors (Lipinski definition) is 8. The summed E-state index contributed by atoms with van der Waals surface area (Å²) < 4.78 is 21.5. The van der Waals surface area contributed by atoms with Crippen molar-refractivity contribution in [2.75, 3.05) is 25.3 Å². The van der Waals surface area contributed by atoms with E-state index in [1.807, 2.05) is 31.2 Å². The van der Waals surface area contributed by atoms with E-state index in [1.165, 1.54) is 7.11 Å². The molecule has 1 heterocycles. The smallest absolute Gasteiger partial charge is 0.277 e. The number of nitrogens with one attached hydrogen (secondary N) is 1. The second kappa shape index (κ2) is 9.83. The first kappa shape index (κ1) is 20.5. The van der Waals surface area contributed by atoms with Gasteiger partial charge in [0.05, 0.1) is 20.0 Å². The van der Waals surface area contributed by atoms with E-state index in [1.54, 1.807) is 25.3 Å². The number of nitrogens with zero attached hydrogens (tertiary/aromatic N) is 2. The number of ether oxygens (including phenoxy) is 3. The first-order valence-electron chi connectivity index (χ1n) is 8.74. The van der Waals surface area contributed by atoms with Gasteiger partial charge in [0.2, 0.25) is 5.91 Å². The lowest BCUT2D eigenvalue weighted by Crippen LogP contribution is -2.14. The Kier molecular flexibility index (Phi) is 6.96. The average molecular weight is 415 g/mol. The van der Waals surface area contributed by atoms with Gasteiger partial charge in [-0.15, -0.1) is 10.2 Å². The van der Waals surface area contributed by atoms with E-state index >= 15 is 0 Å². The van der Waals surface area contributed by atoms with Crippen LogP contribution in [0.4, 0.5) is 5.69 Å². The van der Waals surface area contributed by atoms with Crippen molar-refractivity contribution in [3.63, 3.8) is 0 Å². The van der Waals surface area contributed by atoms with E-state index in [2.05, 4.69) is 15.5 Å². The Bertz CT molecular complexity index is 976. The second-order valence-corrected chi connectivity index (χ2v) is 6.90. The van der Waals surface area contributed by atoms with Crippen molar-refractivity contribution in [2.45, 2.75) is 18.8 Å². The van der Waals surface area contributed by atoms with Crippen LogP contribution in [0.15, 0.2) is 52.1 Å². The fourth-order valence-electron chi connectivity index (χ4n) is 2.44. The number of anilines is 1. The topological polar surface area (TPSA) is 95.7 Å². The number of carbonyl (C=O) groups is 1. The number of carbonyl (C=O) groups excluding carboxylic acids is 1. The van der Waals surface area contributed by atoms with Crippen LogP contribution < -0.4 is 19.5 Å². The van der Waals surface area contributed by atoms with E-state index in [0.29, 0.717) is 28.3 Å². The lowest BCUT2D eigenvalue weighted by molar-refractivity contribution is -0.113. The van der Waals surface area contributed by atoms with Crippen LogP contribution >= 0.6 is 11.8 Å². The van der Waals surface area contributed by atoms with Crippen LogP contribution in [-0.4, -0.2) is 36.1 Å². The zero-order valence-corrected chi connectivity index (χ0v) is 17.1. The minimum Gasteiger partial charge on any atom is -0.493 e. The summed E-state index contributed by atoms with van der Waals surface area (Å²) in [6.07, 6.45) is 0. The Labute approximate surface area is 172 Å². The molecule has 0 spiro atoms. The van der Waals surface area contributed by atoms with Crippen molar-refractivity contribution < 1.29 is 23.4 Å². The summed E-state index contributed by atoms with van der Waals surface area (Å²) in [4.78, 5) is 12.2. The lowest BCUT2D eigenvalue weighted by Gasteiger charge is -2.10. The normalized spacial score (nSPS) is 10.4. The molecule has 0 saturated heterocycles. The molecule has 1 aromatic heterocycles. The van der Waals surface area contributed by atoms with E-state index in [4.69, 9.17) is 18.6 Å². The van der Waals surface area contributed by atoms with E-state index in [0.717, 1.165) is 23.1 Å². The van der Waals surface area contributed by atoms with Gasteiger partial charge in [0.15, 0.2) is 18.1 Å². The predicted molar refractivity (Wildman–Crippen MR) is 109 cm³/mol. The van der Waals surface area contributed by atoms with Gasteiger partial charge in [-0.05, 0) is 36.8 Å². The standard InChI is InChI=1S/C20H21N3O5S/c1-13-5-4-6-15(9-13)27-11-19-22-23-20(28-19)29-12-18(24)21-14-7-8-16(25-2)17(10-14)26-3/h4-10H,11-12H2,1-3H3,(H,21,24). The third-order valence-corrected chi connectivity index (χ3v) is 4.61. The molecule has 2 aromatic carbocycles. The minimum atomic E-state index is -0.210. The molecule has 0 radical (unpaired) electrons. The maximum Gasteiger partial charge on any atom is 0.277 e. The van der Waals surface area contributed by atoms with E-state index < -0.39 is 0 Å². The van der Waals surface area contributed by atoms with Crippen LogP contribution in [-0.2, 0) is 11.4 Å². The fourth-order valence-corrected chi connectivity index (χ4v) is 3.02. The van der Waals surface area contributed by atoms with Crippen molar-refractivity contribution in [3.8, 4) is 17.2 Å². The quantitative estimate of drug-likeness (QED) is 0.529. The highest BCUT2D eigenvalue weighted by molar-refractivity contribution is 7.99. The minimum absolute atomic E-state index is 0.120. The van der Waals surface area contributed by atoms with Gasteiger partial charge in [0, 0.05) is 11.8 Å². The number of hydrogen-bond donors (Lipinski definition) is 1. The summed E-state index contributed by atoms with van der Waals surface area (Å²) in [5.74, 6) is 2.10. The largest absolute Gasteiger partial charge is 0.493 e. The van der Waals surface area contributed by atoms with Crippen molar-refractivity contribution in [1.82, 2.24) is 10.2 Å². The molecule has 152 valence electrons. The Morgan fingerprint density at radius 3 is 2.69 bits per heavy atom. The first-order valence-corrected chi connectivity index (χ1v) is 9.72. The molecule has 3 aromatic rings. The Morgan fingerprint density at radius 1 is 1.10 bits per heavy atom. The van der Waals surface area contributed by atoms with Crippen LogP contribution in [0.2, 0.25) is 0 Å². The maximum atomic E-state index is 12.2. The van der Waals surface area contributed by atoms with Gasteiger partial charge in [0.25, 0.3) is 11.1 Å². The molecule has 29 heavy (non-hydrogen) atoms. The third-order valence-electron chi connectivity index (χ3n) is 3.79. The molecule has 1 amide bonds. The maximum absolute atomic E-state index is 12.2. The Morgan fingerprint density at radius 2 is 1.93 bits per heavy atom. The van der Waals surface area contributed by atoms with Crippen LogP contribution in [0.25, 0.3) is 0 Å². The van der Waals surface area contributed by atoms with Crippen molar-refractivity contribution >= 4 is 23.4 Å². The molecular formula is C20H21N3O5S. The van der Waals surface area contributed by atoms with Crippen LogP contribution in [0.5, 0.6) is 17.2 Å². The SMILES string of the molecule is COc1ccc(NC(=O)CSc2nnc(COc3cccc(C)c3)o2)cc1OC. The molecule has 0 saturated carbocycles. The van der Waals surface area contributed by atoms with Gasteiger partial charge in [-0.1, -0.05) is 23.9 Å². The zero-order chi connectivity index (χ0) is 20.6. The number of rotatable bonds is 9. The summed E-state index contributed by atoms with van der Waals surface area (Å²) >= 11 is 1.15. The molecule has 8 nitrogen and oxygen atoms in total. The molecule has 0 aliphatic carbocycles. The zero-order valence-electron chi connectivity index (χ0n) is 16.3. The van der Waals surface area contributed by atoms with Gasteiger partial charge < -0.3 is 23.9 Å².